The van der Waals surface area contributed by atoms with E-state index in [1.165, 1.54) is 102 Å². The molecular formula is C65H47NS. The molecule has 0 N–H and O–H groups in total. The highest BCUT2D eigenvalue weighted by molar-refractivity contribution is 8.34. The standard InChI is InChI=1S/C65H47NS/c1-65(2)58-34-16-14-28-53(58)54-41-40-48(42-59(54)65)66(47-38-36-45(37-39-47)52-33-19-23-46-22-18-32-51(63(46)52)44-20-6-3-7-21-44)60-43-62-64(56-30-13-12-29-55(56)60)57-31-15-17-35-61(57)67(62,49-24-8-4-9-25-49)50-26-10-5-11-27-50/h3-43H,1-2H3. The predicted molar refractivity (Wildman–Crippen MR) is 284 cm³/mol. The predicted octanol–water partition coefficient (Wildman–Crippen LogP) is 18.4. The lowest BCUT2D eigenvalue weighted by Crippen LogP contribution is -2.17. The van der Waals surface area contributed by atoms with E-state index >= 15 is 0 Å². The Morgan fingerprint density at radius 1 is 0.358 bits per heavy atom. The van der Waals surface area contributed by atoms with E-state index in [-0.39, 0.29) is 5.41 Å². The number of nitrogens with zero attached hydrogens (tertiary/aromatic N) is 1. The molecule has 2 heteroatoms. The molecule has 1 nitrogen and oxygen atoms in total. The molecule has 0 aromatic heterocycles. The van der Waals surface area contributed by atoms with Crippen molar-refractivity contribution in [1.29, 1.82) is 0 Å². The Labute approximate surface area is 394 Å². The highest BCUT2D eigenvalue weighted by Gasteiger charge is 2.44. The van der Waals surface area contributed by atoms with E-state index in [1.54, 1.807) is 0 Å². The molecular weight excluding hydrogens is 827 g/mol. The van der Waals surface area contributed by atoms with E-state index in [1.807, 2.05) is 0 Å². The van der Waals surface area contributed by atoms with Crippen LogP contribution in [0.4, 0.5) is 17.1 Å². The van der Waals surface area contributed by atoms with Crippen LogP contribution in [-0.4, -0.2) is 0 Å². The number of hydrogen-bond donors (Lipinski definition) is 0. The van der Waals surface area contributed by atoms with Gasteiger partial charge in [0.1, 0.15) is 0 Å². The van der Waals surface area contributed by atoms with Crippen LogP contribution in [0.2, 0.25) is 0 Å². The van der Waals surface area contributed by atoms with Crippen LogP contribution in [0.5, 0.6) is 0 Å². The van der Waals surface area contributed by atoms with Crippen molar-refractivity contribution < 1.29 is 0 Å². The minimum atomic E-state index is -1.93. The number of rotatable bonds is 7. The Hall–Kier alpha value is -7.91. The minimum absolute atomic E-state index is 0.163. The first-order valence-electron chi connectivity index (χ1n) is 23.3. The molecule has 0 radical (unpaired) electrons. The molecule has 13 rings (SSSR count). The monoisotopic (exact) mass is 873 g/mol. The van der Waals surface area contributed by atoms with E-state index in [0.717, 1.165) is 11.4 Å². The van der Waals surface area contributed by atoms with Crippen LogP contribution in [0.15, 0.2) is 268 Å². The fourth-order valence-electron chi connectivity index (χ4n) is 11.5. The van der Waals surface area contributed by atoms with Crippen molar-refractivity contribution in [3.05, 3.63) is 260 Å². The first-order valence-corrected chi connectivity index (χ1v) is 25.0. The van der Waals surface area contributed by atoms with Gasteiger partial charge in [0.05, 0.1) is 5.69 Å². The minimum Gasteiger partial charge on any atom is -0.310 e. The molecule has 0 amide bonds. The summed E-state index contributed by atoms with van der Waals surface area (Å²) in [4.78, 5) is 7.99. The Morgan fingerprint density at radius 3 is 1.57 bits per heavy atom. The summed E-state index contributed by atoms with van der Waals surface area (Å²) in [6, 6.07) is 93.2. The number of fused-ring (bicyclic) bond motifs is 9. The van der Waals surface area contributed by atoms with Crippen molar-refractivity contribution >= 4 is 48.6 Å². The lowest BCUT2D eigenvalue weighted by Gasteiger charge is -2.40. The zero-order chi connectivity index (χ0) is 44.7. The van der Waals surface area contributed by atoms with Gasteiger partial charge < -0.3 is 4.90 Å². The molecule has 11 aromatic rings. The van der Waals surface area contributed by atoms with Gasteiger partial charge in [-0.2, -0.15) is 0 Å². The average Bonchev–Trinajstić information content (AvgIpc) is 3.82. The van der Waals surface area contributed by atoms with Gasteiger partial charge >= 0.3 is 0 Å². The maximum absolute atomic E-state index is 2.57. The van der Waals surface area contributed by atoms with Crippen molar-refractivity contribution in [1.82, 2.24) is 0 Å². The Balaban J connectivity index is 1.08. The van der Waals surface area contributed by atoms with Gasteiger partial charge in [0.15, 0.2) is 0 Å². The van der Waals surface area contributed by atoms with Gasteiger partial charge in [0.25, 0.3) is 0 Å². The second kappa shape index (κ2) is 15.3. The summed E-state index contributed by atoms with van der Waals surface area (Å²) in [5.74, 6) is 0. The second-order valence-electron chi connectivity index (χ2n) is 18.4. The third kappa shape index (κ3) is 5.89. The highest BCUT2D eigenvalue weighted by Crippen LogP contribution is 2.81. The van der Waals surface area contributed by atoms with Crippen molar-refractivity contribution in [3.63, 3.8) is 0 Å². The van der Waals surface area contributed by atoms with Crippen molar-refractivity contribution in [3.8, 4) is 44.5 Å². The topological polar surface area (TPSA) is 3.24 Å². The van der Waals surface area contributed by atoms with Crippen LogP contribution in [0, 0.1) is 0 Å². The number of benzene rings is 11. The summed E-state index contributed by atoms with van der Waals surface area (Å²) in [6.45, 7) is 4.77. The van der Waals surface area contributed by atoms with Gasteiger partial charge in [-0.25, -0.2) is 0 Å². The third-order valence-corrected chi connectivity index (χ3v) is 18.4. The van der Waals surface area contributed by atoms with E-state index in [0.29, 0.717) is 0 Å². The number of hydrogen-bond acceptors (Lipinski definition) is 1. The Morgan fingerprint density at radius 2 is 0.881 bits per heavy atom. The zero-order valence-corrected chi connectivity index (χ0v) is 38.3. The third-order valence-electron chi connectivity index (χ3n) is 14.5. The van der Waals surface area contributed by atoms with Gasteiger partial charge in [0, 0.05) is 47.3 Å². The van der Waals surface area contributed by atoms with Crippen molar-refractivity contribution in [2.24, 2.45) is 0 Å². The molecule has 0 saturated carbocycles. The molecule has 1 aliphatic carbocycles. The lowest BCUT2D eigenvalue weighted by molar-refractivity contribution is 0.660. The fourth-order valence-corrected chi connectivity index (χ4v) is 15.7. The molecule has 0 bridgehead atoms. The summed E-state index contributed by atoms with van der Waals surface area (Å²) < 4.78 is 0. The number of anilines is 3. The molecule has 1 aliphatic heterocycles. The summed E-state index contributed by atoms with van der Waals surface area (Å²) in [5.41, 5.74) is 16.2. The molecule has 67 heavy (non-hydrogen) atoms. The average molecular weight is 874 g/mol. The van der Waals surface area contributed by atoms with Crippen molar-refractivity contribution in [2.45, 2.75) is 38.8 Å². The highest BCUT2D eigenvalue weighted by atomic mass is 32.3. The van der Waals surface area contributed by atoms with Crippen LogP contribution >= 0.6 is 10.0 Å². The maximum Gasteiger partial charge on any atom is 0.0551 e. The largest absolute Gasteiger partial charge is 0.310 e. The Kier molecular flexibility index (Phi) is 9.03. The molecule has 0 unspecified atom stereocenters. The SMILES string of the molecule is CC1(C)c2ccccc2-c2ccc(N(c3ccc(-c4cccc5cccc(-c6ccccc6)c45)cc3)c3cc4c(c5ccccc35)-c3ccccc3S4(c3ccccc3)c3ccccc3)cc21. The normalized spacial score (nSPS) is 14.2. The van der Waals surface area contributed by atoms with Gasteiger partial charge in [-0.15, -0.1) is 10.0 Å². The second-order valence-corrected chi connectivity index (χ2v) is 21.5. The summed E-state index contributed by atoms with van der Waals surface area (Å²) in [7, 11) is -1.93. The molecule has 11 aromatic carbocycles. The Bertz CT molecular complexity index is 3660. The first-order chi connectivity index (χ1) is 33.0. The quantitative estimate of drug-likeness (QED) is 0.154. The van der Waals surface area contributed by atoms with Crippen LogP contribution in [0.3, 0.4) is 0 Å². The molecule has 0 atom stereocenters. The fraction of sp³-hybridized carbons (Fsp3) is 0.0462. The molecule has 318 valence electrons. The van der Waals surface area contributed by atoms with Gasteiger partial charge in [-0.1, -0.05) is 202 Å². The summed E-state index contributed by atoms with van der Waals surface area (Å²) >= 11 is 0. The van der Waals surface area contributed by atoms with Gasteiger partial charge in [0.2, 0.25) is 0 Å². The smallest absolute Gasteiger partial charge is 0.0551 e. The van der Waals surface area contributed by atoms with Crippen molar-refractivity contribution in [2.75, 3.05) is 4.90 Å². The zero-order valence-electron chi connectivity index (χ0n) is 37.5. The lowest BCUT2D eigenvalue weighted by atomic mass is 9.82. The van der Waals surface area contributed by atoms with Crippen LogP contribution in [0.25, 0.3) is 66.1 Å². The molecule has 0 fully saturated rings. The molecule has 1 heterocycles. The van der Waals surface area contributed by atoms with E-state index < -0.39 is 10.0 Å². The first kappa shape index (κ1) is 39.5. The van der Waals surface area contributed by atoms with E-state index in [2.05, 4.69) is 267 Å². The van der Waals surface area contributed by atoms with Gasteiger partial charge in [-0.05, 0) is 127 Å². The summed E-state index contributed by atoms with van der Waals surface area (Å²) in [5, 5.41) is 5.00. The molecule has 2 aliphatic rings. The molecule has 0 spiro atoms. The van der Waals surface area contributed by atoms with Crippen LogP contribution in [-0.2, 0) is 5.41 Å². The van der Waals surface area contributed by atoms with Gasteiger partial charge in [-0.3, -0.25) is 0 Å². The van der Waals surface area contributed by atoms with E-state index in [4.69, 9.17) is 0 Å². The van der Waals surface area contributed by atoms with Crippen LogP contribution < -0.4 is 4.90 Å². The van der Waals surface area contributed by atoms with Crippen LogP contribution in [0.1, 0.15) is 25.0 Å². The summed E-state index contributed by atoms with van der Waals surface area (Å²) in [6.07, 6.45) is 0. The molecule has 0 saturated heterocycles. The maximum atomic E-state index is 2.57. The van der Waals surface area contributed by atoms with E-state index in [9.17, 15) is 0 Å².